The third-order valence-electron chi connectivity index (χ3n) is 4.51. The van der Waals surface area contributed by atoms with E-state index in [-0.39, 0.29) is 11.2 Å². The summed E-state index contributed by atoms with van der Waals surface area (Å²) in [6.45, 7) is 0. The van der Waals surface area contributed by atoms with Gasteiger partial charge in [-0.05, 0) is 32.1 Å². The zero-order valence-electron chi connectivity index (χ0n) is 9.15. The van der Waals surface area contributed by atoms with Crippen LogP contribution >= 0.6 is 0 Å². The molecule has 1 aromatic rings. The largest absolute Gasteiger partial charge is 0.391 e. The summed E-state index contributed by atoms with van der Waals surface area (Å²) in [6, 6.07) is 0. The monoisotopic (exact) mass is 223 g/mol. The molecule has 0 saturated heterocycles. The van der Waals surface area contributed by atoms with Gasteiger partial charge in [-0.1, -0.05) is 0 Å². The topological polar surface area (TPSA) is 84.0 Å². The van der Waals surface area contributed by atoms with Gasteiger partial charge in [0, 0.05) is 17.9 Å². The summed E-state index contributed by atoms with van der Waals surface area (Å²) in [5.74, 6) is 0. The van der Waals surface area contributed by atoms with Crippen LogP contribution in [0.15, 0.2) is 17.2 Å². The van der Waals surface area contributed by atoms with Crippen LogP contribution in [0, 0.1) is 0 Å². The second kappa shape index (κ2) is 2.99. The van der Waals surface area contributed by atoms with Crippen LogP contribution in [0.5, 0.6) is 0 Å². The minimum Gasteiger partial charge on any atom is -0.391 e. The van der Waals surface area contributed by atoms with E-state index in [4.69, 9.17) is 5.73 Å². The van der Waals surface area contributed by atoms with Crippen molar-refractivity contribution in [1.29, 1.82) is 0 Å². The van der Waals surface area contributed by atoms with E-state index in [0.717, 1.165) is 25.7 Å². The number of aromatic amines is 1. The molecular weight excluding hydrogens is 206 g/mol. The lowest BCUT2D eigenvalue weighted by atomic mass is 9.60. The van der Waals surface area contributed by atoms with Crippen LogP contribution in [-0.2, 0) is 5.54 Å². The van der Waals surface area contributed by atoms with Crippen LogP contribution in [0.1, 0.15) is 32.1 Å². The number of nitrogens with one attached hydrogen (secondary N) is 1. The van der Waals surface area contributed by atoms with Crippen LogP contribution in [0.4, 0.5) is 0 Å². The summed E-state index contributed by atoms with van der Waals surface area (Å²) >= 11 is 0. The summed E-state index contributed by atoms with van der Waals surface area (Å²) in [7, 11) is 0. The van der Waals surface area contributed by atoms with Gasteiger partial charge in [0.1, 0.15) is 0 Å². The molecule has 4 N–H and O–H groups in total. The Morgan fingerprint density at radius 3 is 2.62 bits per heavy atom. The van der Waals surface area contributed by atoms with Crippen molar-refractivity contribution in [3.05, 3.63) is 22.9 Å². The summed E-state index contributed by atoms with van der Waals surface area (Å²) < 4.78 is 1.74. The first-order valence-electron chi connectivity index (χ1n) is 5.79. The molecule has 5 nitrogen and oxygen atoms in total. The molecule has 3 fully saturated rings. The van der Waals surface area contributed by atoms with Gasteiger partial charge in [-0.3, -0.25) is 4.57 Å². The number of rotatable bonds is 1. The number of aromatic nitrogens is 2. The summed E-state index contributed by atoms with van der Waals surface area (Å²) in [6.07, 6.45) is 6.92. The Labute approximate surface area is 93.3 Å². The molecule has 0 unspecified atom stereocenters. The predicted octanol–water partition coefficient (Wildman–Crippen LogP) is -0.0922. The van der Waals surface area contributed by atoms with E-state index >= 15 is 0 Å². The lowest BCUT2D eigenvalue weighted by Crippen LogP contribution is -2.64. The van der Waals surface area contributed by atoms with E-state index in [9.17, 15) is 9.90 Å². The second-order valence-electron chi connectivity index (χ2n) is 5.31. The average molecular weight is 223 g/mol. The van der Waals surface area contributed by atoms with Crippen molar-refractivity contribution in [3.63, 3.8) is 0 Å². The molecule has 4 rings (SSSR count). The highest BCUT2D eigenvalue weighted by molar-refractivity contribution is 5.11. The van der Waals surface area contributed by atoms with Gasteiger partial charge in [-0.2, -0.15) is 0 Å². The SMILES string of the molecule is NC12CCC(n3cc[nH]c3=O)(CC1)C[C@@H]2O. The molecule has 0 aromatic carbocycles. The average Bonchev–Trinajstić information content (AvgIpc) is 2.68. The van der Waals surface area contributed by atoms with Crippen LogP contribution in [0.3, 0.4) is 0 Å². The second-order valence-corrected chi connectivity index (χ2v) is 5.31. The van der Waals surface area contributed by atoms with E-state index in [1.54, 1.807) is 17.0 Å². The zero-order valence-corrected chi connectivity index (χ0v) is 9.15. The molecule has 16 heavy (non-hydrogen) atoms. The molecule has 88 valence electrons. The molecule has 0 radical (unpaired) electrons. The van der Waals surface area contributed by atoms with Gasteiger partial charge in [0.25, 0.3) is 0 Å². The van der Waals surface area contributed by atoms with E-state index in [0.29, 0.717) is 6.42 Å². The number of fused-ring (bicyclic) bond motifs is 3. The Morgan fingerprint density at radius 1 is 1.44 bits per heavy atom. The molecule has 3 saturated carbocycles. The molecule has 1 atom stereocenters. The van der Waals surface area contributed by atoms with Crippen molar-refractivity contribution < 1.29 is 5.11 Å². The van der Waals surface area contributed by atoms with Crippen LogP contribution in [0.25, 0.3) is 0 Å². The number of nitrogens with zero attached hydrogens (tertiary/aromatic N) is 1. The lowest BCUT2D eigenvalue weighted by Gasteiger charge is -2.54. The molecule has 5 heteroatoms. The Balaban J connectivity index is 2.03. The van der Waals surface area contributed by atoms with Gasteiger partial charge in [-0.15, -0.1) is 0 Å². The Hall–Kier alpha value is -1.07. The molecule has 0 aliphatic heterocycles. The molecule has 1 aromatic heterocycles. The van der Waals surface area contributed by atoms with Crippen molar-refractivity contribution in [3.8, 4) is 0 Å². The minimum atomic E-state index is -0.489. The number of hydrogen-bond acceptors (Lipinski definition) is 3. The Bertz CT molecular complexity index is 454. The van der Waals surface area contributed by atoms with E-state index in [2.05, 4.69) is 4.98 Å². The van der Waals surface area contributed by atoms with E-state index in [1.165, 1.54) is 0 Å². The van der Waals surface area contributed by atoms with E-state index < -0.39 is 11.6 Å². The smallest absolute Gasteiger partial charge is 0.325 e. The fourth-order valence-corrected chi connectivity index (χ4v) is 3.31. The predicted molar refractivity (Wildman–Crippen MR) is 59.0 cm³/mol. The number of nitrogens with two attached hydrogens (primary N) is 1. The normalized spacial score (nSPS) is 42.5. The van der Waals surface area contributed by atoms with Crippen molar-refractivity contribution in [2.45, 2.75) is 49.3 Å². The molecule has 3 aliphatic carbocycles. The standard InChI is InChI=1S/C11H17N3O2/c12-11-3-1-10(2-4-11,7-8(11)15)14-6-5-13-9(14)16/h5-6,8,15H,1-4,7,12H2,(H,13,16)/t8-,10?,11?/m0/s1. The first kappa shape index (κ1) is 10.1. The number of H-pyrrole nitrogens is 1. The van der Waals surface area contributed by atoms with Crippen LogP contribution < -0.4 is 11.4 Å². The van der Waals surface area contributed by atoms with Gasteiger partial charge in [0.15, 0.2) is 0 Å². The highest BCUT2D eigenvalue weighted by Gasteiger charge is 2.53. The van der Waals surface area contributed by atoms with Crippen LogP contribution in [0.2, 0.25) is 0 Å². The summed E-state index contributed by atoms with van der Waals surface area (Å²) in [5.41, 5.74) is 5.43. The molecule has 1 heterocycles. The first-order chi connectivity index (χ1) is 7.56. The van der Waals surface area contributed by atoms with Crippen LogP contribution in [-0.4, -0.2) is 26.3 Å². The molecule has 0 spiro atoms. The summed E-state index contributed by atoms with van der Waals surface area (Å²) in [5, 5.41) is 10.1. The van der Waals surface area contributed by atoms with Crippen molar-refractivity contribution >= 4 is 0 Å². The van der Waals surface area contributed by atoms with Gasteiger partial charge >= 0.3 is 5.69 Å². The maximum Gasteiger partial charge on any atom is 0.325 e. The highest BCUT2D eigenvalue weighted by atomic mass is 16.3. The number of aliphatic hydroxyl groups is 1. The fourth-order valence-electron chi connectivity index (χ4n) is 3.31. The van der Waals surface area contributed by atoms with Gasteiger partial charge in [0.2, 0.25) is 0 Å². The van der Waals surface area contributed by atoms with Crippen molar-refractivity contribution in [1.82, 2.24) is 9.55 Å². The molecular formula is C11H17N3O2. The third kappa shape index (κ3) is 1.15. The maximum atomic E-state index is 11.7. The fraction of sp³-hybridized carbons (Fsp3) is 0.727. The Morgan fingerprint density at radius 2 is 2.12 bits per heavy atom. The van der Waals surface area contributed by atoms with Gasteiger partial charge in [0.05, 0.1) is 11.6 Å². The molecule has 2 bridgehead atoms. The zero-order chi connectivity index (χ0) is 11.4. The Kier molecular flexibility index (Phi) is 1.89. The third-order valence-corrected chi connectivity index (χ3v) is 4.51. The lowest BCUT2D eigenvalue weighted by molar-refractivity contribution is -0.0619. The quantitative estimate of drug-likeness (QED) is 0.622. The molecule has 3 aliphatic rings. The van der Waals surface area contributed by atoms with E-state index in [1.807, 2.05) is 0 Å². The number of aliphatic hydroxyl groups excluding tert-OH is 1. The highest BCUT2D eigenvalue weighted by Crippen LogP contribution is 2.49. The summed E-state index contributed by atoms with van der Waals surface area (Å²) in [4.78, 5) is 14.3. The van der Waals surface area contributed by atoms with Crippen molar-refractivity contribution in [2.75, 3.05) is 0 Å². The van der Waals surface area contributed by atoms with Gasteiger partial charge < -0.3 is 15.8 Å². The number of hydrogen-bond donors (Lipinski definition) is 3. The maximum absolute atomic E-state index is 11.7. The minimum absolute atomic E-state index is 0.0846. The number of imidazole rings is 1. The van der Waals surface area contributed by atoms with Crippen molar-refractivity contribution in [2.24, 2.45) is 5.73 Å². The van der Waals surface area contributed by atoms with Gasteiger partial charge in [-0.25, -0.2) is 4.79 Å². The molecule has 0 amide bonds. The first-order valence-corrected chi connectivity index (χ1v) is 5.79.